The summed E-state index contributed by atoms with van der Waals surface area (Å²) in [6.07, 6.45) is 3.92. The van der Waals surface area contributed by atoms with Gasteiger partial charge in [-0.05, 0) is 76.6 Å². The molecular formula is C23H41N3O4S. The van der Waals surface area contributed by atoms with E-state index in [4.69, 9.17) is 9.47 Å². The molecule has 0 saturated heterocycles. The molecular weight excluding hydrogens is 414 g/mol. The first-order valence-electron chi connectivity index (χ1n) is 11.7. The molecule has 1 saturated carbocycles. The zero-order valence-electron chi connectivity index (χ0n) is 19.4. The van der Waals surface area contributed by atoms with Gasteiger partial charge in [-0.1, -0.05) is 0 Å². The minimum absolute atomic E-state index is 0.0971. The van der Waals surface area contributed by atoms with Crippen LogP contribution in [0.15, 0.2) is 24.3 Å². The molecule has 0 heterocycles. The summed E-state index contributed by atoms with van der Waals surface area (Å²) >= 11 is 0. The van der Waals surface area contributed by atoms with E-state index in [0.29, 0.717) is 19.1 Å². The molecule has 7 nitrogen and oxygen atoms in total. The summed E-state index contributed by atoms with van der Waals surface area (Å²) in [6, 6.07) is 8.66. The fourth-order valence-electron chi connectivity index (χ4n) is 3.88. The molecule has 1 fully saturated rings. The molecule has 0 aliphatic heterocycles. The number of nitrogens with zero attached hydrogens (tertiary/aromatic N) is 1. The van der Waals surface area contributed by atoms with E-state index in [1.807, 2.05) is 13.8 Å². The third-order valence-electron chi connectivity index (χ3n) is 5.82. The van der Waals surface area contributed by atoms with Crippen LogP contribution >= 0.6 is 0 Å². The topological polar surface area (TPSA) is 79.9 Å². The van der Waals surface area contributed by atoms with Gasteiger partial charge in [0.15, 0.2) is 0 Å². The molecule has 0 amide bonds. The average molecular weight is 456 g/mol. The van der Waals surface area contributed by atoms with Crippen LogP contribution in [-0.4, -0.2) is 66.3 Å². The van der Waals surface area contributed by atoms with Gasteiger partial charge in [-0.25, -0.2) is 13.1 Å². The highest BCUT2D eigenvalue weighted by atomic mass is 32.2. The van der Waals surface area contributed by atoms with Crippen molar-refractivity contribution >= 4 is 21.4 Å². The van der Waals surface area contributed by atoms with Crippen LogP contribution in [0.5, 0.6) is 0 Å². The number of ether oxygens (including phenoxy) is 2. The van der Waals surface area contributed by atoms with Gasteiger partial charge >= 0.3 is 0 Å². The van der Waals surface area contributed by atoms with Crippen molar-refractivity contribution in [2.75, 3.05) is 62.0 Å². The summed E-state index contributed by atoms with van der Waals surface area (Å²) in [5, 5.41) is 3.55. The van der Waals surface area contributed by atoms with Gasteiger partial charge in [0.2, 0.25) is 10.0 Å². The molecule has 2 N–H and O–H groups in total. The number of nitrogens with one attached hydrogen (secondary N) is 2. The number of hydrogen-bond acceptors (Lipinski definition) is 6. The molecule has 31 heavy (non-hydrogen) atoms. The Morgan fingerprint density at radius 3 is 2.03 bits per heavy atom. The average Bonchev–Trinajstić information content (AvgIpc) is 2.78. The maximum atomic E-state index is 11.7. The molecule has 0 spiro atoms. The van der Waals surface area contributed by atoms with E-state index in [1.165, 1.54) is 5.69 Å². The van der Waals surface area contributed by atoms with E-state index in [2.05, 4.69) is 39.2 Å². The van der Waals surface area contributed by atoms with Gasteiger partial charge < -0.3 is 19.7 Å². The van der Waals surface area contributed by atoms with Gasteiger partial charge in [0.1, 0.15) is 0 Å². The highest BCUT2D eigenvalue weighted by Crippen LogP contribution is 2.26. The second-order valence-corrected chi connectivity index (χ2v) is 10.1. The normalized spacial score (nSPS) is 19.3. The summed E-state index contributed by atoms with van der Waals surface area (Å²) in [4.78, 5) is 2.30. The highest BCUT2D eigenvalue weighted by molar-refractivity contribution is 7.89. The van der Waals surface area contributed by atoms with Crippen LogP contribution in [0.3, 0.4) is 0 Å². The lowest BCUT2D eigenvalue weighted by molar-refractivity contribution is 0.141. The van der Waals surface area contributed by atoms with Gasteiger partial charge in [0, 0.05) is 50.3 Å². The predicted octanol–water partition coefficient (Wildman–Crippen LogP) is 3.48. The van der Waals surface area contributed by atoms with Crippen LogP contribution in [0.2, 0.25) is 0 Å². The third-order valence-corrected chi connectivity index (χ3v) is 7.27. The summed E-state index contributed by atoms with van der Waals surface area (Å²) in [5.41, 5.74) is 2.29. The van der Waals surface area contributed by atoms with E-state index in [0.717, 1.165) is 64.2 Å². The zero-order valence-corrected chi connectivity index (χ0v) is 20.3. The van der Waals surface area contributed by atoms with Crippen molar-refractivity contribution in [3.8, 4) is 0 Å². The van der Waals surface area contributed by atoms with Crippen LogP contribution < -0.4 is 14.9 Å². The van der Waals surface area contributed by atoms with E-state index in [-0.39, 0.29) is 11.8 Å². The Morgan fingerprint density at radius 1 is 0.935 bits per heavy atom. The lowest BCUT2D eigenvalue weighted by Gasteiger charge is -2.29. The molecule has 1 aromatic rings. The molecule has 8 heteroatoms. The Morgan fingerprint density at radius 2 is 1.52 bits per heavy atom. The van der Waals surface area contributed by atoms with Crippen LogP contribution in [0.25, 0.3) is 0 Å². The fraction of sp³-hybridized carbons (Fsp3) is 0.739. The van der Waals surface area contributed by atoms with Crippen LogP contribution in [-0.2, 0) is 19.5 Å². The lowest BCUT2D eigenvalue weighted by Crippen LogP contribution is -2.39. The van der Waals surface area contributed by atoms with Crippen LogP contribution in [0.1, 0.15) is 46.5 Å². The molecule has 2 rings (SSSR count). The van der Waals surface area contributed by atoms with E-state index < -0.39 is 10.0 Å². The van der Waals surface area contributed by atoms with Gasteiger partial charge in [-0.15, -0.1) is 0 Å². The van der Waals surface area contributed by atoms with Crippen molar-refractivity contribution in [2.24, 2.45) is 5.92 Å². The number of sulfonamides is 1. The van der Waals surface area contributed by atoms with Gasteiger partial charge in [-0.2, -0.15) is 0 Å². The standard InChI is InChI=1S/C23H41N3O4S/c1-4-29-17-15-26(16-18-30-5-2)23-13-11-21(12-14-23)24-19-20-7-9-22(10-8-20)25-31(27,28)6-3/h11-14,20,22,24-25H,4-10,15-19H2,1-3H3/t20-,22-. The predicted molar refractivity (Wildman–Crippen MR) is 128 cm³/mol. The summed E-state index contributed by atoms with van der Waals surface area (Å²) in [7, 11) is -3.10. The first-order chi connectivity index (χ1) is 15.0. The molecule has 0 atom stereocenters. The Bertz CT molecular complexity index is 694. The molecule has 1 aliphatic rings. The van der Waals surface area contributed by atoms with E-state index >= 15 is 0 Å². The summed E-state index contributed by atoms with van der Waals surface area (Å²) in [6.45, 7) is 11.2. The van der Waals surface area contributed by atoms with Crippen LogP contribution in [0, 0.1) is 5.92 Å². The molecule has 0 bridgehead atoms. The first-order valence-corrected chi connectivity index (χ1v) is 13.4. The van der Waals surface area contributed by atoms with Gasteiger partial charge in [-0.3, -0.25) is 0 Å². The van der Waals surface area contributed by atoms with Crippen molar-refractivity contribution in [1.82, 2.24) is 4.72 Å². The highest BCUT2D eigenvalue weighted by Gasteiger charge is 2.24. The molecule has 0 radical (unpaired) electrons. The van der Waals surface area contributed by atoms with E-state index in [1.54, 1.807) is 6.92 Å². The maximum absolute atomic E-state index is 11.7. The number of rotatable bonds is 15. The van der Waals surface area contributed by atoms with Crippen molar-refractivity contribution in [2.45, 2.75) is 52.5 Å². The van der Waals surface area contributed by atoms with Crippen LogP contribution in [0.4, 0.5) is 11.4 Å². The van der Waals surface area contributed by atoms with Gasteiger partial charge in [0.05, 0.1) is 19.0 Å². The van der Waals surface area contributed by atoms with Crippen molar-refractivity contribution in [3.63, 3.8) is 0 Å². The monoisotopic (exact) mass is 455 g/mol. The molecule has 178 valence electrons. The molecule has 0 unspecified atom stereocenters. The Balaban J connectivity index is 1.79. The Hall–Kier alpha value is -1.35. The quantitative estimate of drug-likeness (QED) is 0.394. The van der Waals surface area contributed by atoms with Crippen molar-refractivity contribution < 1.29 is 17.9 Å². The lowest BCUT2D eigenvalue weighted by atomic mass is 9.86. The van der Waals surface area contributed by atoms with Crippen molar-refractivity contribution in [3.05, 3.63) is 24.3 Å². The molecule has 1 aliphatic carbocycles. The second kappa shape index (κ2) is 13.9. The molecule has 0 aromatic heterocycles. The summed E-state index contributed by atoms with van der Waals surface area (Å²) in [5.74, 6) is 0.732. The zero-order chi connectivity index (χ0) is 22.5. The molecule has 1 aromatic carbocycles. The fourth-order valence-corrected chi connectivity index (χ4v) is 4.79. The maximum Gasteiger partial charge on any atom is 0.211 e. The minimum atomic E-state index is -3.10. The second-order valence-electron chi connectivity index (χ2n) is 8.05. The van der Waals surface area contributed by atoms with E-state index in [9.17, 15) is 8.42 Å². The smallest absolute Gasteiger partial charge is 0.211 e. The number of hydrogen-bond donors (Lipinski definition) is 2. The number of benzene rings is 1. The van der Waals surface area contributed by atoms with Crippen molar-refractivity contribution in [1.29, 1.82) is 0 Å². The Labute approximate surface area is 188 Å². The number of anilines is 2. The SMILES string of the molecule is CCOCCN(CCOCC)c1ccc(NC[C@H]2CC[C@H](NS(=O)(=O)CC)CC2)cc1. The third kappa shape index (κ3) is 9.76. The Kier molecular flexibility index (Phi) is 11.6. The summed E-state index contributed by atoms with van der Waals surface area (Å²) < 4.78 is 37.4. The largest absolute Gasteiger partial charge is 0.385 e. The van der Waals surface area contributed by atoms with Gasteiger partial charge in [0.25, 0.3) is 0 Å². The first kappa shape index (κ1) is 25.9. The minimum Gasteiger partial charge on any atom is -0.385 e.